The Morgan fingerprint density at radius 2 is 1.93 bits per heavy atom. The Labute approximate surface area is 84.0 Å². The molecule has 0 atom stereocenters. The van der Waals surface area contributed by atoms with E-state index in [4.69, 9.17) is 0 Å². The molecule has 14 heavy (non-hydrogen) atoms. The molecule has 2 rings (SSSR count). The van der Waals surface area contributed by atoms with Gasteiger partial charge in [-0.2, -0.15) is 5.10 Å². The van der Waals surface area contributed by atoms with Crippen LogP contribution in [-0.4, -0.2) is 10.2 Å². The molecule has 1 heterocycles. The lowest BCUT2D eigenvalue weighted by atomic mass is 10.0. The molecule has 0 spiro atoms. The topological polar surface area (TPSA) is 28.7 Å². The van der Waals surface area contributed by atoms with Crippen LogP contribution in [0.15, 0.2) is 36.7 Å². The van der Waals surface area contributed by atoms with Crippen molar-refractivity contribution < 1.29 is 0 Å². The fourth-order valence-corrected chi connectivity index (χ4v) is 1.56. The number of aryl methyl sites for hydroxylation is 1. The zero-order valence-corrected chi connectivity index (χ0v) is 8.33. The summed E-state index contributed by atoms with van der Waals surface area (Å²) >= 11 is 0. The van der Waals surface area contributed by atoms with E-state index in [1.54, 1.807) is 0 Å². The molecule has 0 fully saturated rings. The van der Waals surface area contributed by atoms with Gasteiger partial charge in [0.1, 0.15) is 0 Å². The summed E-state index contributed by atoms with van der Waals surface area (Å²) in [5.41, 5.74) is 3.77. The first-order valence-electron chi connectivity index (χ1n) is 4.98. The van der Waals surface area contributed by atoms with Gasteiger partial charge in [0.15, 0.2) is 0 Å². The average Bonchev–Trinajstić information content (AvgIpc) is 2.72. The van der Waals surface area contributed by atoms with E-state index in [0.717, 1.165) is 12.0 Å². The molecule has 72 valence electrons. The number of aromatic nitrogens is 2. The summed E-state index contributed by atoms with van der Waals surface area (Å²) in [6, 6.07) is 8.67. The molecular weight excluding hydrogens is 172 g/mol. The number of benzene rings is 1. The molecule has 1 aromatic heterocycles. The van der Waals surface area contributed by atoms with Gasteiger partial charge in [0, 0.05) is 11.8 Å². The van der Waals surface area contributed by atoms with E-state index >= 15 is 0 Å². The smallest absolute Gasteiger partial charge is 0.0565 e. The summed E-state index contributed by atoms with van der Waals surface area (Å²) in [6.45, 7) is 2.20. The molecular formula is C12H14N2. The lowest BCUT2D eigenvalue weighted by Crippen LogP contribution is -1.82. The summed E-state index contributed by atoms with van der Waals surface area (Å²) in [6.07, 6.45) is 6.11. The standard InChI is InChI=1S/C12H14N2/c1-2-3-10-4-6-11(7-5-10)12-8-13-14-9-12/h4-9H,2-3H2,1H3,(H,13,14). The third kappa shape index (κ3) is 1.84. The number of aromatic amines is 1. The molecule has 2 heteroatoms. The molecule has 0 amide bonds. The van der Waals surface area contributed by atoms with Crippen molar-refractivity contribution in [3.05, 3.63) is 42.2 Å². The third-order valence-electron chi connectivity index (χ3n) is 2.32. The molecule has 1 N–H and O–H groups in total. The van der Waals surface area contributed by atoms with Gasteiger partial charge in [0.2, 0.25) is 0 Å². The van der Waals surface area contributed by atoms with Crippen LogP contribution in [0.25, 0.3) is 11.1 Å². The average molecular weight is 186 g/mol. The fraction of sp³-hybridized carbons (Fsp3) is 0.250. The van der Waals surface area contributed by atoms with Gasteiger partial charge in [-0.1, -0.05) is 37.6 Å². The van der Waals surface area contributed by atoms with Crippen LogP contribution in [-0.2, 0) is 6.42 Å². The first-order valence-corrected chi connectivity index (χ1v) is 4.98. The van der Waals surface area contributed by atoms with Gasteiger partial charge >= 0.3 is 0 Å². The Morgan fingerprint density at radius 3 is 2.50 bits per heavy atom. The van der Waals surface area contributed by atoms with Crippen molar-refractivity contribution >= 4 is 0 Å². The second kappa shape index (κ2) is 4.09. The minimum Gasteiger partial charge on any atom is -0.285 e. The molecule has 0 aliphatic heterocycles. The molecule has 0 radical (unpaired) electrons. The molecule has 0 unspecified atom stereocenters. The highest BCUT2D eigenvalue weighted by Crippen LogP contribution is 2.18. The van der Waals surface area contributed by atoms with Gasteiger partial charge in [-0.05, 0) is 17.5 Å². The summed E-state index contributed by atoms with van der Waals surface area (Å²) in [7, 11) is 0. The second-order valence-corrected chi connectivity index (χ2v) is 3.43. The maximum Gasteiger partial charge on any atom is 0.0565 e. The number of rotatable bonds is 3. The molecule has 0 saturated carbocycles. The van der Waals surface area contributed by atoms with E-state index in [2.05, 4.69) is 41.4 Å². The van der Waals surface area contributed by atoms with E-state index in [-0.39, 0.29) is 0 Å². The van der Waals surface area contributed by atoms with Crippen LogP contribution in [0.1, 0.15) is 18.9 Å². The molecule has 0 bridgehead atoms. The van der Waals surface area contributed by atoms with Gasteiger partial charge < -0.3 is 0 Å². The molecule has 0 aliphatic rings. The molecule has 2 aromatic rings. The van der Waals surface area contributed by atoms with Gasteiger partial charge in [-0.3, -0.25) is 5.10 Å². The monoisotopic (exact) mass is 186 g/mol. The van der Waals surface area contributed by atoms with Crippen molar-refractivity contribution in [2.24, 2.45) is 0 Å². The van der Waals surface area contributed by atoms with E-state index < -0.39 is 0 Å². The Kier molecular flexibility index (Phi) is 2.63. The van der Waals surface area contributed by atoms with Crippen LogP contribution in [0, 0.1) is 0 Å². The van der Waals surface area contributed by atoms with Crippen LogP contribution in [0.3, 0.4) is 0 Å². The van der Waals surface area contributed by atoms with Crippen LogP contribution in [0.4, 0.5) is 0 Å². The SMILES string of the molecule is CCCc1ccc(-c2cn[nH]c2)cc1. The van der Waals surface area contributed by atoms with Gasteiger partial charge in [-0.15, -0.1) is 0 Å². The Bertz CT molecular complexity index is 373. The zero-order valence-electron chi connectivity index (χ0n) is 8.33. The van der Waals surface area contributed by atoms with Crippen LogP contribution >= 0.6 is 0 Å². The number of nitrogens with zero attached hydrogens (tertiary/aromatic N) is 1. The van der Waals surface area contributed by atoms with Crippen LogP contribution in [0.5, 0.6) is 0 Å². The second-order valence-electron chi connectivity index (χ2n) is 3.43. The normalized spacial score (nSPS) is 10.4. The first-order chi connectivity index (χ1) is 6.90. The quantitative estimate of drug-likeness (QED) is 0.784. The summed E-state index contributed by atoms with van der Waals surface area (Å²) in [5, 5.41) is 6.75. The van der Waals surface area contributed by atoms with Gasteiger partial charge in [0.25, 0.3) is 0 Å². The Balaban J connectivity index is 2.22. The lowest BCUT2D eigenvalue weighted by Gasteiger charge is -2.00. The van der Waals surface area contributed by atoms with E-state index in [0.29, 0.717) is 0 Å². The maximum absolute atomic E-state index is 3.93. The summed E-state index contributed by atoms with van der Waals surface area (Å²) in [5.74, 6) is 0. The predicted octanol–water partition coefficient (Wildman–Crippen LogP) is 3.03. The Morgan fingerprint density at radius 1 is 1.14 bits per heavy atom. The van der Waals surface area contributed by atoms with Crippen LogP contribution < -0.4 is 0 Å². The van der Waals surface area contributed by atoms with Crippen molar-refractivity contribution in [3.8, 4) is 11.1 Å². The highest BCUT2D eigenvalue weighted by molar-refractivity contribution is 5.61. The van der Waals surface area contributed by atoms with Crippen molar-refractivity contribution in [3.63, 3.8) is 0 Å². The lowest BCUT2D eigenvalue weighted by molar-refractivity contribution is 0.922. The Hall–Kier alpha value is -1.57. The number of hydrogen-bond donors (Lipinski definition) is 1. The van der Waals surface area contributed by atoms with E-state index in [9.17, 15) is 0 Å². The first kappa shape index (κ1) is 9.00. The van der Waals surface area contributed by atoms with Crippen molar-refractivity contribution in [2.45, 2.75) is 19.8 Å². The number of nitrogens with one attached hydrogen (secondary N) is 1. The highest BCUT2D eigenvalue weighted by Gasteiger charge is 1.97. The molecule has 1 aromatic carbocycles. The third-order valence-corrected chi connectivity index (χ3v) is 2.32. The molecule has 2 nitrogen and oxygen atoms in total. The fourth-order valence-electron chi connectivity index (χ4n) is 1.56. The van der Waals surface area contributed by atoms with Crippen LogP contribution in [0.2, 0.25) is 0 Å². The van der Waals surface area contributed by atoms with E-state index in [1.807, 2.05) is 12.4 Å². The van der Waals surface area contributed by atoms with Gasteiger partial charge in [-0.25, -0.2) is 0 Å². The summed E-state index contributed by atoms with van der Waals surface area (Å²) < 4.78 is 0. The minimum atomic E-state index is 1.15. The number of H-pyrrole nitrogens is 1. The predicted molar refractivity (Wildman–Crippen MR) is 58.0 cm³/mol. The maximum atomic E-state index is 3.93. The molecule has 0 aliphatic carbocycles. The molecule has 0 saturated heterocycles. The largest absolute Gasteiger partial charge is 0.285 e. The van der Waals surface area contributed by atoms with Gasteiger partial charge in [0.05, 0.1) is 6.20 Å². The van der Waals surface area contributed by atoms with Crippen molar-refractivity contribution in [1.82, 2.24) is 10.2 Å². The highest BCUT2D eigenvalue weighted by atomic mass is 15.1. The van der Waals surface area contributed by atoms with Crippen molar-refractivity contribution in [2.75, 3.05) is 0 Å². The number of hydrogen-bond acceptors (Lipinski definition) is 1. The zero-order chi connectivity index (χ0) is 9.80. The van der Waals surface area contributed by atoms with E-state index in [1.165, 1.54) is 17.5 Å². The minimum absolute atomic E-state index is 1.15. The summed E-state index contributed by atoms with van der Waals surface area (Å²) in [4.78, 5) is 0. The van der Waals surface area contributed by atoms with Crippen molar-refractivity contribution in [1.29, 1.82) is 0 Å².